The van der Waals surface area contributed by atoms with Crippen LogP contribution >= 0.6 is 12.2 Å². The van der Waals surface area contributed by atoms with Crippen LogP contribution in [0.3, 0.4) is 0 Å². The minimum Gasteiger partial charge on any atom is -0.497 e. The lowest BCUT2D eigenvalue weighted by Crippen LogP contribution is -2.34. The van der Waals surface area contributed by atoms with Crippen molar-refractivity contribution in [3.05, 3.63) is 24.3 Å². The lowest BCUT2D eigenvalue weighted by atomic mass is 9.70. The number of hydrogen-bond donors (Lipinski definition) is 2. The molecule has 3 rings (SSSR count). The predicted molar refractivity (Wildman–Crippen MR) is 99.4 cm³/mol. The zero-order chi connectivity index (χ0) is 17.5. The Morgan fingerprint density at radius 1 is 1.29 bits per heavy atom. The number of rotatable bonds is 3. The first-order valence-corrected chi connectivity index (χ1v) is 8.54. The van der Waals surface area contributed by atoms with Gasteiger partial charge in [-0.2, -0.15) is 5.10 Å². The second-order valence-corrected chi connectivity index (χ2v) is 7.67. The molecule has 2 fully saturated rings. The minimum absolute atomic E-state index is 0.0460. The first kappa shape index (κ1) is 16.9. The highest BCUT2D eigenvalue weighted by Gasteiger charge is 2.65. The molecule has 1 aromatic rings. The van der Waals surface area contributed by atoms with E-state index in [9.17, 15) is 4.79 Å². The van der Waals surface area contributed by atoms with Gasteiger partial charge in [-0.15, -0.1) is 0 Å². The molecule has 0 aromatic heterocycles. The first-order chi connectivity index (χ1) is 11.3. The zero-order valence-electron chi connectivity index (χ0n) is 14.5. The van der Waals surface area contributed by atoms with Crippen LogP contribution in [0.4, 0.5) is 5.69 Å². The van der Waals surface area contributed by atoms with Crippen LogP contribution in [0, 0.1) is 16.7 Å². The molecule has 0 radical (unpaired) electrons. The Morgan fingerprint density at radius 3 is 2.50 bits per heavy atom. The zero-order valence-corrected chi connectivity index (χ0v) is 15.3. The fraction of sp³-hybridized carbons (Fsp3) is 0.500. The number of hydrazone groups is 1. The van der Waals surface area contributed by atoms with E-state index in [4.69, 9.17) is 17.0 Å². The molecule has 2 saturated carbocycles. The van der Waals surface area contributed by atoms with Crippen molar-refractivity contribution < 1.29 is 9.53 Å². The summed E-state index contributed by atoms with van der Waals surface area (Å²) < 4.78 is 5.12. The standard InChI is InChI=1S/C18H23N3O2S/c1-17(2)13-9-10-18(17,3)15(22)14(13)20-21-16(24)19-11-5-7-12(23-4)8-6-11/h5-8,13H,9-10H2,1-4H3,(H2,19,21,24)/b20-14-/t13-,18+/m0/s1. The highest BCUT2D eigenvalue weighted by Crippen LogP contribution is 2.62. The Balaban J connectivity index is 1.67. The third-order valence-electron chi connectivity index (χ3n) is 5.92. The van der Waals surface area contributed by atoms with Gasteiger partial charge in [-0.05, 0) is 54.7 Å². The molecule has 128 valence electrons. The van der Waals surface area contributed by atoms with Crippen molar-refractivity contribution in [3.63, 3.8) is 0 Å². The number of thiocarbonyl (C=S) groups is 1. The van der Waals surface area contributed by atoms with E-state index >= 15 is 0 Å². The molecule has 0 spiro atoms. The number of nitrogens with one attached hydrogen (secondary N) is 2. The van der Waals surface area contributed by atoms with E-state index in [1.807, 2.05) is 24.3 Å². The quantitative estimate of drug-likeness (QED) is 0.650. The Hall–Kier alpha value is -1.95. The summed E-state index contributed by atoms with van der Waals surface area (Å²) in [4.78, 5) is 12.7. The highest BCUT2D eigenvalue weighted by molar-refractivity contribution is 7.80. The van der Waals surface area contributed by atoms with Gasteiger partial charge in [-0.1, -0.05) is 20.8 Å². The van der Waals surface area contributed by atoms with Gasteiger partial charge in [0.15, 0.2) is 10.9 Å². The summed E-state index contributed by atoms with van der Waals surface area (Å²) >= 11 is 5.27. The number of ketones is 1. The van der Waals surface area contributed by atoms with Crippen LogP contribution in [0.15, 0.2) is 29.4 Å². The third kappa shape index (κ3) is 2.49. The molecule has 2 aliphatic rings. The number of hydrogen-bond acceptors (Lipinski definition) is 4. The van der Waals surface area contributed by atoms with Gasteiger partial charge >= 0.3 is 0 Å². The SMILES string of the molecule is COc1ccc(NC(=S)N/N=C2\C(=O)[C@@]3(C)CC[C@@H]2C3(C)C)cc1. The molecule has 2 aliphatic carbocycles. The van der Waals surface area contributed by atoms with Crippen molar-refractivity contribution in [2.75, 3.05) is 12.4 Å². The number of benzene rings is 1. The Kier molecular flexibility index (Phi) is 4.11. The minimum atomic E-state index is -0.302. The average molecular weight is 345 g/mol. The number of ether oxygens (including phenoxy) is 1. The van der Waals surface area contributed by atoms with Crippen molar-refractivity contribution in [1.29, 1.82) is 0 Å². The maximum Gasteiger partial charge on any atom is 0.191 e. The highest BCUT2D eigenvalue weighted by atomic mass is 32.1. The number of carbonyl (C=O) groups is 1. The molecular formula is C18H23N3O2S. The van der Waals surface area contributed by atoms with Gasteiger partial charge in [0, 0.05) is 17.0 Å². The Labute approximate surface area is 147 Å². The molecule has 2 atom stereocenters. The van der Waals surface area contributed by atoms with Crippen LogP contribution < -0.4 is 15.5 Å². The smallest absolute Gasteiger partial charge is 0.191 e. The lowest BCUT2D eigenvalue weighted by Gasteiger charge is -2.31. The van der Waals surface area contributed by atoms with Gasteiger partial charge < -0.3 is 10.1 Å². The van der Waals surface area contributed by atoms with Gasteiger partial charge in [-0.3, -0.25) is 10.2 Å². The summed E-state index contributed by atoms with van der Waals surface area (Å²) in [5, 5.41) is 7.77. The van der Waals surface area contributed by atoms with Crippen molar-refractivity contribution in [1.82, 2.24) is 5.43 Å². The van der Waals surface area contributed by atoms with E-state index in [1.165, 1.54) is 0 Å². The van der Waals surface area contributed by atoms with Crippen LogP contribution in [0.25, 0.3) is 0 Å². The monoisotopic (exact) mass is 345 g/mol. The van der Waals surface area contributed by atoms with Crippen molar-refractivity contribution >= 4 is 34.5 Å². The molecule has 5 nitrogen and oxygen atoms in total. The van der Waals surface area contributed by atoms with Gasteiger partial charge in [0.1, 0.15) is 11.5 Å². The summed E-state index contributed by atoms with van der Waals surface area (Å²) in [5.41, 5.74) is 3.95. The van der Waals surface area contributed by atoms with Crippen LogP contribution in [0.1, 0.15) is 33.6 Å². The summed E-state index contributed by atoms with van der Waals surface area (Å²) in [6.07, 6.45) is 1.95. The fourth-order valence-electron chi connectivity index (χ4n) is 3.90. The Bertz CT molecular complexity index is 711. The van der Waals surface area contributed by atoms with Crippen molar-refractivity contribution in [2.45, 2.75) is 33.6 Å². The van der Waals surface area contributed by atoms with E-state index in [-0.39, 0.29) is 22.5 Å². The number of nitrogens with zero attached hydrogens (tertiary/aromatic N) is 1. The molecule has 0 unspecified atom stereocenters. The fourth-order valence-corrected chi connectivity index (χ4v) is 4.06. The van der Waals surface area contributed by atoms with Crippen molar-refractivity contribution in [2.24, 2.45) is 21.8 Å². The second-order valence-electron chi connectivity index (χ2n) is 7.27. The maximum atomic E-state index is 12.7. The van der Waals surface area contributed by atoms with Crippen LogP contribution in [-0.2, 0) is 4.79 Å². The molecule has 0 saturated heterocycles. The predicted octanol–water partition coefficient (Wildman–Crippen LogP) is 3.36. The number of carbonyl (C=O) groups excluding carboxylic acids is 1. The molecule has 0 amide bonds. The topological polar surface area (TPSA) is 62.7 Å². The molecule has 6 heteroatoms. The van der Waals surface area contributed by atoms with Crippen molar-refractivity contribution in [3.8, 4) is 5.75 Å². The van der Waals surface area contributed by atoms with Crippen LogP contribution in [0.5, 0.6) is 5.75 Å². The van der Waals surface area contributed by atoms with E-state index in [0.717, 1.165) is 24.3 Å². The van der Waals surface area contributed by atoms with Gasteiger partial charge in [0.2, 0.25) is 0 Å². The number of methoxy groups -OCH3 is 1. The number of fused-ring (bicyclic) bond motifs is 2. The molecular weight excluding hydrogens is 322 g/mol. The second kappa shape index (κ2) is 5.84. The molecule has 0 heterocycles. The summed E-state index contributed by atoms with van der Waals surface area (Å²) in [5.74, 6) is 1.14. The first-order valence-electron chi connectivity index (χ1n) is 8.13. The summed E-state index contributed by atoms with van der Waals surface area (Å²) in [6, 6.07) is 7.43. The van der Waals surface area contributed by atoms with Gasteiger partial charge in [-0.25, -0.2) is 0 Å². The van der Waals surface area contributed by atoms with E-state index < -0.39 is 0 Å². The largest absolute Gasteiger partial charge is 0.497 e. The summed E-state index contributed by atoms with van der Waals surface area (Å²) in [7, 11) is 1.62. The van der Waals surface area contributed by atoms with Crippen LogP contribution in [-0.4, -0.2) is 23.7 Å². The summed E-state index contributed by atoms with van der Waals surface area (Å²) in [6.45, 7) is 6.39. The van der Waals surface area contributed by atoms with Crippen LogP contribution in [0.2, 0.25) is 0 Å². The molecule has 24 heavy (non-hydrogen) atoms. The molecule has 0 aliphatic heterocycles. The Morgan fingerprint density at radius 2 is 1.96 bits per heavy atom. The van der Waals surface area contributed by atoms with Gasteiger partial charge in [0.25, 0.3) is 0 Å². The molecule has 2 N–H and O–H groups in total. The number of anilines is 1. The van der Waals surface area contributed by atoms with E-state index in [0.29, 0.717) is 10.8 Å². The van der Waals surface area contributed by atoms with E-state index in [1.54, 1.807) is 7.11 Å². The average Bonchev–Trinajstić information content (AvgIpc) is 2.86. The molecule has 2 bridgehead atoms. The number of Topliss-reactive ketones (excluding diaryl/α,β-unsaturated/α-hetero) is 1. The molecule has 1 aromatic carbocycles. The lowest BCUT2D eigenvalue weighted by molar-refractivity contribution is -0.123. The van der Waals surface area contributed by atoms with E-state index in [2.05, 4.69) is 36.6 Å². The third-order valence-corrected chi connectivity index (χ3v) is 6.11. The normalized spacial score (nSPS) is 28.9. The maximum absolute atomic E-state index is 12.7. The van der Waals surface area contributed by atoms with Gasteiger partial charge in [0.05, 0.1) is 7.11 Å².